The molecule has 0 aliphatic rings. The fourth-order valence-corrected chi connectivity index (χ4v) is 3.99. The molecule has 0 spiro atoms. The van der Waals surface area contributed by atoms with Crippen LogP contribution < -0.4 is 10.3 Å². The van der Waals surface area contributed by atoms with Gasteiger partial charge in [0, 0.05) is 18.1 Å². The van der Waals surface area contributed by atoms with Gasteiger partial charge in [-0.1, -0.05) is 12.1 Å². The molecule has 1 N–H and O–H groups in total. The molecule has 0 radical (unpaired) electrons. The Bertz CT molecular complexity index is 1320. The van der Waals surface area contributed by atoms with Crippen LogP contribution in [-0.2, 0) is 17.1 Å². The third-order valence-electron chi connectivity index (χ3n) is 4.12. The Morgan fingerprint density at radius 2 is 1.96 bits per heavy atom. The highest BCUT2D eigenvalue weighted by Crippen LogP contribution is 2.26. The van der Waals surface area contributed by atoms with Crippen LogP contribution in [-0.4, -0.2) is 18.0 Å². The van der Waals surface area contributed by atoms with Gasteiger partial charge in [0.25, 0.3) is 10.0 Å². The number of aromatic nitrogens is 2. The van der Waals surface area contributed by atoms with Gasteiger partial charge in [-0.05, 0) is 42.8 Å². The van der Waals surface area contributed by atoms with Crippen LogP contribution in [0.5, 0.6) is 0 Å². The molecule has 0 aliphatic carbocycles. The number of anilines is 1. The summed E-state index contributed by atoms with van der Waals surface area (Å²) in [6.07, 6.45) is 1.49. The summed E-state index contributed by atoms with van der Waals surface area (Å²) in [6.45, 7) is 1.88. The largest absolute Gasteiger partial charge is 0.421 e. The second-order valence-corrected chi connectivity index (χ2v) is 7.76. The quantitative estimate of drug-likeness (QED) is 0.561. The summed E-state index contributed by atoms with van der Waals surface area (Å²) in [7, 11) is -2.06. The van der Waals surface area contributed by atoms with Crippen molar-refractivity contribution in [2.24, 2.45) is 7.05 Å². The van der Waals surface area contributed by atoms with E-state index in [2.05, 4.69) is 9.71 Å². The van der Waals surface area contributed by atoms with E-state index >= 15 is 0 Å². The van der Waals surface area contributed by atoms with Crippen LogP contribution in [0, 0.1) is 6.92 Å². The number of nitrogens with one attached hydrogen (secondary N) is 1. The van der Waals surface area contributed by atoms with Crippen LogP contribution in [0.3, 0.4) is 0 Å². The fraction of sp³-hybridized carbons (Fsp3) is 0.111. The number of rotatable bonds is 3. The van der Waals surface area contributed by atoms with E-state index in [1.165, 1.54) is 24.5 Å². The smallest absolute Gasteiger partial charge is 0.364 e. The first-order chi connectivity index (χ1) is 12.3. The Morgan fingerprint density at radius 3 is 2.73 bits per heavy atom. The zero-order valence-electron chi connectivity index (χ0n) is 14.1. The van der Waals surface area contributed by atoms with Gasteiger partial charge in [-0.2, -0.15) is 0 Å². The van der Waals surface area contributed by atoms with E-state index < -0.39 is 15.6 Å². The zero-order chi connectivity index (χ0) is 18.5. The van der Waals surface area contributed by atoms with Crippen molar-refractivity contribution in [3.63, 3.8) is 0 Å². The summed E-state index contributed by atoms with van der Waals surface area (Å²) < 4.78 is 35.0. The summed E-state index contributed by atoms with van der Waals surface area (Å²) in [5.41, 5.74) is 1.88. The Hall–Kier alpha value is -3.13. The molecule has 0 fully saturated rings. The van der Waals surface area contributed by atoms with E-state index in [4.69, 9.17) is 4.42 Å². The molecular weight excluding hydrogens is 354 g/mol. The Labute approximate surface area is 148 Å². The molecule has 0 amide bonds. The Morgan fingerprint density at radius 1 is 1.15 bits per heavy atom. The topological polar surface area (TPSA) is 94.2 Å². The average Bonchev–Trinajstić information content (AvgIpc) is 2.97. The number of aryl methyl sites for hydroxylation is 2. The lowest BCUT2D eigenvalue weighted by atomic mass is 10.2. The molecule has 0 aliphatic heterocycles. The first-order valence-corrected chi connectivity index (χ1v) is 9.31. The zero-order valence-corrected chi connectivity index (χ0v) is 14.9. The SMILES string of the molecule is Cc1cccc(NS(=O)(=O)c2ccc3oc(=O)c4ncn(C)c4c3c2)c1. The highest BCUT2D eigenvalue weighted by Gasteiger charge is 2.18. The van der Waals surface area contributed by atoms with Crippen molar-refractivity contribution >= 4 is 37.7 Å². The normalized spacial score (nSPS) is 11.9. The van der Waals surface area contributed by atoms with Crippen LogP contribution in [0.1, 0.15) is 5.56 Å². The van der Waals surface area contributed by atoms with Gasteiger partial charge < -0.3 is 8.98 Å². The molecule has 132 valence electrons. The maximum atomic E-state index is 12.8. The highest BCUT2D eigenvalue weighted by atomic mass is 32.2. The monoisotopic (exact) mass is 369 g/mol. The van der Waals surface area contributed by atoms with Gasteiger partial charge >= 0.3 is 5.63 Å². The van der Waals surface area contributed by atoms with Crippen molar-refractivity contribution in [2.75, 3.05) is 4.72 Å². The van der Waals surface area contributed by atoms with Crippen molar-refractivity contribution in [1.82, 2.24) is 9.55 Å². The maximum Gasteiger partial charge on any atom is 0.364 e. The maximum absolute atomic E-state index is 12.8. The molecule has 0 atom stereocenters. The molecule has 4 rings (SSSR count). The van der Waals surface area contributed by atoms with Crippen molar-refractivity contribution in [3.05, 3.63) is 64.8 Å². The molecule has 2 aromatic carbocycles. The Kier molecular flexibility index (Phi) is 3.58. The van der Waals surface area contributed by atoms with Gasteiger partial charge in [0.15, 0.2) is 5.52 Å². The molecular formula is C18H15N3O4S. The van der Waals surface area contributed by atoms with Gasteiger partial charge in [0.2, 0.25) is 0 Å². The van der Waals surface area contributed by atoms with E-state index in [0.717, 1.165) is 5.56 Å². The van der Waals surface area contributed by atoms with Crippen molar-refractivity contribution in [1.29, 1.82) is 0 Å². The third kappa shape index (κ3) is 2.64. The van der Waals surface area contributed by atoms with Gasteiger partial charge in [-0.3, -0.25) is 4.72 Å². The molecule has 4 aromatic rings. The predicted octanol–water partition coefficient (Wildman–Crippen LogP) is 2.79. The van der Waals surface area contributed by atoms with Crippen LogP contribution in [0.25, 0.3) is 22.0 Å². The number of sulfonamides is 1. The third-order valence-corrected chi connectivity index (χ3v) is 5.50. The number of benzene rings is 2. The van der Waals surface area contributed by atoms with E-state index in [9.17, 15) is 13.2 Å². The van der Waals surface area contributed by atoms with Crippen LogP contribution in [0.15, 0.2) is 62.9 Å². The van der Waals surface area contributed by atoms with Gasteiger partial charge in [0.1, 0.15) is 5.58 Å². The molecule has 7 nitrogen and oxygen atoms in total. The lowest BCUT2D eigenvalue weighted by molar-refractivity contribution is 0.567. The molecule has 2 heterocycles. The van der Waals surface area contributed by atoms with E-state index in [-0.39, 0.29) is 10.4 Å². The van der Waals surface area contributed by atoms with Crippen LogP contribution >= 0.6 is 0 Å². The molecule has 0 unspecified atom stereocenters. The fourth-order valence-electron chi connectivity index (χ4n) is 2.92. The van der Waals surface area contributed by atoms with Gasteiger partial charge in [-0.25, -0.2) is 18.2 Å². The highest BCUT2D eigenvalue weighted by molar-refractivity contribution is 7.92. The lowest BCUT2D eigenvalue weighted by Crippen LogP contribution is -2.13. The summed E-state index contributed by atoms with van der Waals surface area (Å²) >= 11 is 0. The molecule has 26 heavy (non-hydrogen) atoms. The summed E-state index contributed by atoms with van der Waals surface area (Å²) in [6, 6.07) is 11.5. The van der Waals surface area contributed by atoms with Crippen molar-refractivity contribution in [3.8, 4) is 0 Å². The van der Waals surface area contributed by atoms with Crippen LogP contribution in [0.2, 0.25) is 0 Å². The number of nitrogens with zero attached hydrogens (tertiary/aromatic N) is 2. The summed E-state index contributed by atoms with van der Waals surface area (Å²) in [5, 5.41) is 0.506. The molecule has 0 bridgehead atoms. The first-order valence-electron chi connectivity index (χ1n) is 7.82. The first kappa shape index (κ1) is 16.3. The molecule has 0 saturated carbocycles. The standard InChI is InChI=1S/C18H15N3O4S/c1-11-4-3-5-12(8-11)20-26(23,24)13-6-7-15-14(9-13)17-16(18(22)25-15)19-10-21(17)2/h3-10,20H,1-2H3. The molecule has 0 saturated heterocycles. The minimum Gasteiger partial charge on any atom is -0.421 e. The van der Waals surface area contributed by atoms with Gasteiger partial charge in [0.05, 0.1) is 16.7 Å². The number of fused-ring (bicyclic) bond motifs is 3. The summed E-state index contributed by atoms with van der Waals surface area (Å²) in [5.74, 6) is 0. The van der Waals surface area contributed by atoms with Crippen molar-refractivity contribution < 1.29 is 12.8 Å². The predicted molar refractivity (Wildman–Crippen MR) is 98.7 cm³/mol. The van der Waals surface area contributed by atoms with E-state index in [0.29, 0.717) is 22.2 Å². The number of imidazole rings is 1. The number of hydrogen-bond acceptors (Lipinski definition) is 5. The minimum atomic E-state index is -3.80. The number of hydrogen-bond donors (Lipinski definition) is 1. The minimum absolute atomic E-state index is 0.0721. The summed E-state index contributed by atoms with van der Waals surface area (Å²) in [4.78, 5) is 16.1. The second-order valence-electron chi connectivity index (χ2n) is 6.08. The van der Waals surface area contributed by atoms with E-state index in [1.807, 2.05) is 13.0 Å². The van der Waals surface area contributed by atoms with E-state index in [1.54, 1.807) is 29.8 Å². The molecule has 8 heteroatoms. The van der Waals surface area contributed by atoms with Gasteiger partial charge in [-0.15, -0.1) is 0 Å². The average molecular weight is 369 g/mol. The second kappa shape index (κ2) is 5.70. The van der Waals surface area contributed by atoms with Crippen LogP contribution in [0.4, 0.5) is 5.69 Å². The van der Waals surface area contributed by atoms with Crippen molar-refractivity contribution in [2.45, 2.75) is 11.8 Å². The Balaban J connectivity index is 1.89. The molecule has 2 aromatic heterocycles. The lowest BCUT2D eigenvalue weighted by Gasteiger charge is -2.10.